The first-order valence-corrected chi connectivity index (χ1v) is 16.8. The Morgan fingerprint density at radius 1 is 1.19 bits per heavy atom. The number of aromatic nitrogens is 2. The fourth-order valence-electron chi connectivity index (χ4n) is 3.13. The van der Waals surface area contributed by atoms with Crippen LogP contribution in [0.3, 0.4) is 0 Å². The SMILES string of the molecule is CC(C)(C)[Si](C)(C)O[C@H]1[C@@H](OP(=S)(OCCC#N)OCCC#N)[C@H](n2ccc(=O)[nH]c2=O)O[C@@H]1CO. The predicted molar refractivity (Wildman–Crippen MR) is 136 cm³/mol. The monoisotopic (exact) mass is 560 g/mol. The lowest BCUT2D eigenvalue weighted by Gasteiger charge is -2.41. The van der Waals surface area contributed by atoms with Gasteiger partial charge in [0.05, 0.1) is 44.8 Å². The fraction of sp³-hybridized carbons (Fsp3) is 0.714. The lowest BCUT2D eigenvalue weighted by molar-refractivity contribution is -0.0537. The summed E-state index contributed by atoms with van der Waals surface area (Å²) in [4.78, 5) is 26.4. The molecule has 0 spiro atoms. The van der Waals surface area contributed by atoms with Gasteiger partial charge in [0.25, 0.3) is 5.56 Å². The van der Waals surface area contributed by atoms with E-state index in [2.05, 4.69) is 4.98 Å². The van der Waals surface area contributed by atoms with Crippen molar-refractivity contribution in [1.29, 1.82) is 10.5 Å². The minimum Gasteiger partial charge on any atom is -0.408 e. The first kappa shape index (κ1) is 30.5. The van der Waals surface area contributed by atoms with Crippen LogP contribution >= 0.6 is 6.72 Å². The molecule has 1 aliphatic heterocycles. The Morgan fingerprint density at radius 3 is 2.25 bits per heavy atom. The van der Waals surface area contributed by atoms with Crippen LogP contribution in [-0.2, 0) is 34.5 Å². The van der Waals surface area contributed by atoms with Gasteiger partial charge in [-0.15, -0.1) is 0 Å². The van der Waals surface area contributed by atoms with Crippen molar-refractivity contribution in [2.45, 2.75) is 76.3 Å². The van der Waals surface area contributed by atoms with Crippen LogP contribution in [0.25, 0.3) is 0 Å². The molecular weight excluding hydrogens is 527 g/mol. The Morgan fingerprint density at radius 2 is 1.78 bits per heavy atom. The quantitative estimate of drug-likeness (QED) is 0.218. The van der Waals surface area contributed by atoms with E-state index in [0.717, 1.165) is 10.6 Å². The molecule has 1 aliphatic rings. The molecule has 0 aromatic carbocycles. The molecule has 1 fully saturated rings. The summed E-state index contributed by atoms with van der Waals surface area (Å²) >= 11 is 5.58. The molecule has 15 heteroatoms. The van der Waals surface area contributed by atoms with Crippen LogP contribution in [-0.4, -0.2) is 61.1 Å². The number of rotatable bonds is 12. The number of aliphatic hydroxyl groups excluding tert-OH is 1. The normalized spacial score (nSPS) is 22.8. The van der Waals surface area contributed by atoms with E-state index < -0.39 is 57.4 Å². The van der Waals surface area contributed by atoms with Crippen LogP contribution in [0.4, 0.5) is 0 Å². The summed E-state index contributed by atoms with van der Waals surface area (Å²) in [6.45, 7) is 6.00. The molecule has 0 saturated carbocycles. The number of ether oxygens (including phenoxy) is 1. The Bertz CT molecular complexity index is 1110. The predicted octanol–water partition coefficient (Wildman–Crippen LogP) is 2.29. The van der Waals surface area contributed by atoms with Gasteiger partial charge in [-0.2, -0.15) is 10.5 Å². The maximum absolute atomic E-state index is 12.6. The van der Waals surface area contributed by atoms with Crippen LogP contribution in [0, 0.1) is 22.7 Å². The van der Waals surface area contributed by atoms with Gasteiger partial charge in [0, 0.05) is 12.3 Å². The number of nitrogens with one attached hydrogen (secondary N) is 1. The molecular formula is C21H33N4O8PSSi. The molecule has 2 rings (SSSR count). The van der Waals surface area contributed by atoms with Gasteiger partial charge in [0.2, 0.25) is 0 Å². The van der Waals surface area contributed by atoms with Gasteiger partial charge >= 0.3 is 12.4 Å². The van der Waals surface area contributed by atoms with Gasteiger partial charge in [0.15, 0.2) is 14.5 Å². The van der Waals surface area contributed by atoms with Crippen molar-refractivity contribution in [3.05, 3.63) is 33.1 Å². The zero-order chi connectivity index (χ0) is 27.1. The van der Waals surface area contributed by atoms with Crippen LogP contribution in [0.2, 0.25) is 18.1 Å². The highest BCUT2D eigenvalue weighted by Crippen LogP contribution is 2.55. The molecule has 0 aliphatic carbocycles. The minimum atomic E-state index is -3.57. The Kier molecular flexibility index (Phi) is 10.8. The number of nitrogens with zero attached hydrogens (tertiary/aromatic N) is 3. The molecule has 0 unspecified atom stereocenters. The standard InChI is InChI=1S/C21H33N4O8PSSi/c1-21(2,3)36(4,5)33-17-15(14-26)31-19(25-11-8-16(27)24-20(25)28)18(17)32-34(35,29-12-6-9-22)30-13-7-10-23/h8,11,15,17-19,26H,6-7,12-14H2,1-5H3,(H,24,27,28)/t15-,17-,18-,19-/m1/s1. The average Bonchev–Trinajstić information content (AvgIpc) is 3.09. The highest BCUT2D eigenvalue weighted by molar-refractivity contribution is 8.07. The molecule has 1 aromatic heterocycles. The van der Waals surface area contributed by atoms with Crippen molar-refractivity contribution in [2.75, 3.05) is 19.8 Å². The van der Waals surface area contributed by atoms with E-state index in [1.54, 1.807) is 0 Å². The Labute approximate surface area is 216 Å². The molecule has 0 bridgehead atoms. The summed E-state index contributed by atoms with van der Waals surface area (Å²) in [5.74, 6) is 0. The largest absolute Gasteiger partial charge is 0.408 e. The van der Waals surface area contributed by atoms with Gasteiger partial charge < -0.3 is 23.3 Å². The zero-order valence-electron chi connectivity index (χ0n) is 21.0. The first-order chi connectivity index (χ1) is 16.8. The fourth-order valence-corrected chi connectivity index (χ4v) is 6.55. The number of hydrogen-bond acceptors (Lipinski definition) is 11. The van der Waals surface area contributed by atoms with Gasteiger partial charge in [0.1, 0.15) is 18.3 Å². The molecule has 0 amide bonds. The van der Waals surface area contributed by atoms with Gasteiger partial charge in [-0.3, -0.25) is 18.9 Å². The Hall–Kier alpha value is -1.71. The molecule has 12 nitrogen and oxygen atoms in total. The third-order valence-electron chi connectivity index (χ3n) is 6.01. The number of aliphatic hydroxyl groups is 1. The summed E-state index contributed by atoms with van der Waals surface area (Å²) in [7, 11) is -2.47. The maximum Gasteiger partial charge on any atom is 0.330 e. The van der Waals surface area contributed by atoms with Gasteiger partial charge in [-0.25, -0.2) is 4.79 Å². The van der Waals surface area contributed by atoms with E-state index >= 15 is 0 Å². The van der Waals surface area contributed by atoms with Gasteiger partial charge in [-0.1, -0.05) is 20.8 Å². The lowest BCUT2D eigenvalue weighted by atomic mass is 10.1. The number of H-pyrrole nitrogens is 1. The molecule has 2 heterocycles. The highest BCUT2D eigenvalue weighted by Gasteiger charge is 2.53. The van der Waals surface area contributed by atoms with Crippen molar-refractivity contribution >= 4 is 26.8 Å². The number of aromatic amines is 1. The van der Waals surface area contributed by atoms with E-state index in [-0.39, 0.29) is 31.1 Å². The molecule has 4 atom stereocenters. The maximum atomic E-state index is 12.6. The van der Waals surface area contributed by atoms with Crippen molar-refractivity contribution < 1.29 is 27.8 Å². The topological polar surface area (TPSA) is 169 Å². The second kappa shape index (κ2) is 12.7. The van der Waals surface area contributed by atoms with E-state index in [1.807, 2.05) is 46.0 Å². The van der Waals surface area contributed by atoms with Crippen molar-refractivity contribution in [1.82, 2.24) is 9.55 Å². The van der Waals surface area contributed by atoms with Crippen molar-refractivity contribution in [2.24, 2.45) is 0 Å². The molecule has 36 heavy (non-hydrogen) atoms. The molecule has 1 aromatic rings. The lowest BCUT2D eigenvalue weighted by Crippen LogP contribution is -2.50. The number of hydrogen-bond donors (Lipinski definition) is 2. The number of nitriles is 2. The van der Waals surface area contributed by atoms with Crippen LogP contribution < -0.4 is 11.2 Å². The summed E-state index contributed by atoms with van der Waals surface area (Å²) in [5.41, 5.74) is -1.35. The van der Waals surface area contributed by atoms with Crippen molar-refractivity contribution in [3.8, 4) is 12.1 Å². The van der Waals surface area contributed by atoms with Crippen LogP contribution in [0.5, 0.6) is 0 Å². The van der Waals surface area contributed by atoms with E-state index in [9.17, 15) is 14.7 Å². The van der Waals surface area contributed by atoms with E-state index in [1.165, 1.54) is 6.20 Å². The summed E-state index contributed by atoms with van der Waals surface area (Å²) < 4.78 is 31.3. The molecule has 2 N–H and O–H groups in total. The smallest absolute Gasteiger partial charge is 0.330 e. The summed E-state index contributed by atoms with van der Waals surface area (Å²) in [6, 6.07) is 5.05. The second-order valence-corrected chi connectivity index (χ2v) is 17.3. The second-order valence-electron chi connectivity index (χ2n) is 9.61. The van der Waals surface area contributed by atoms with Crippen LogP contribution in [0.15, 0.2) is 21.9 Å². The molecule has 1 saturated heterocycles. The van der Waals surface area contributed by atoms with E-state index in [0.29, 0.717) is 0 Å². The van der Waals surface area contributed by atoms with E-state index in [4.69, 9.17) is 45.1 Å². The Balaban J connectivity index is 2.55. The zero-order valence-corrected chi connectivity index (χ0v) is 23.7. The molecule has 0 radical (unpaired) electrons. The first-order valence-electron chi connectivity index (χ1n) is 11.4. The van der Waals surface area contributed by atoms with Crippen LogP contribution in [0.1, 0.15) is 39.8 Å². The third-order valence-corrected chi connectivity index (χ3v) is 12.9. The average molecular weight is 561 g/mol. The van der Waals surface area contributed by atoms with Crippen molar-refractivity contribution in [3.63, 3.8) is 0 Å². The molecule has 200 valence electrons. The third kappa shape index (κ3) is 7.65. The summed E-state index contributed by atoms with van der Waals surface area (Å²) in [6.07, 6.45) is -2.71. The van der Waals surface area contributed by atoms with Gasteiger partial charge in [-0.05, 0) is 29.9 Å². The minimum absolute atomic E-state index is 0.0243. The summed E-state index contributed by atoms with van der Waals surface area (Å²) in [5, 5.41) is 27.7. The highest BCUT2D eigenvalue weighted by atomic mass is 32.5.